The van der Waals surface area contributed by atoms with Gasteiger partial charge in [0.05, 0.1) is 17.4 Å². The highest BCUT2D eigenvalue weighted by atomic mass is 15.3. The van der Waals surface area contributed by atoms with Gasteiger partial charge < -0.3 is 5.73 Å². The number of rotatable bonds is 3. The first-order valence-corrected chi connectivity index (χ1v) is 8.16. The van der Waals surface area contributed by atoms with Crippen LogP contribution in [-0.4, -0.2) is 58.0 Å². The molecule has 5 heteroatoms. The van der Waals surface area contributed by atoms with E-state index >= 15 is 0 Å². The molecule has 3 rings (SSSR count). The predicted octanol–water partition coefficient (Wildman–Crippen LogP) is 1.34. The second-order valence-electron chi connectivity index (χ2n) is 6.51. The van der Waals surface area contributed by atoms with Crippen molar-refractivity contribution in [1.82, 2.24) is 19.8 Å². The number of hydrogen-bond donors (Lipinski definition) is 1. The van der Waals surface area contributed by atoms with E-state index in [1.54, 1.807) is 12.4 Å². The van der Waals surface area contributed by atoms with E-state index in [2.05, 4.69) is 33.6 Å². The molecular weight excluding hydrogens is 262 g/mol. The van der Waals surface area contributed by atoms with Gasteiger partial charge in [-0.1, -0.05) is 0 Å². The lowest BCUT2D eigenvalue weighted by molar-refractivity contribution is 0.145. The highest BCUT2D eigenvalue weighted by Crippen LogP contribution is 2.27. The Morgan fingerprint density at radius 1 is 1.14 bits per heavy atom. The summed E-state index contributed by atoms with van der Waals surface area (Å²) in [6.07, 6.45) is 7.14. The van der Waals surface area contributed by atoms with Crippen LogP contribution >= 0.6 is 0 Å². The van der Waals surface area contributed by atoms with Crippen molar-refractivity contribution in [3.05, 3.63) is 23.8 Å². The molecule has 3 heterocycles. The Bertz CT molecular complexity index is 469. The normalized spacial score (nSPS) is 27.1. The molecule has 0 amide bonds. The fourth-order valence-electron chi connectivity index (χ4n) is 3.70. The monoisotopic (exact) mass is 289 g/mol. The molecule has 116 valence electrons. The van der Waals surface area contributed by atoms with Crippen molar-refractivity contribution in [2.24, 2.45) is 5.73 Å². The summed E-state index contributed by atoms with van der Waals surface area (Å²) in [5.41, 5.74) is 8.19. The molecule has 1 aromatic heterocycles. The number of aryl methyl sites for hydroxylation is 1. The van der Waals surface area contributed by atoms with Gasteiger partial charge in [-0.25, -0.2) is 0 Å². The molecule has 2 N–H and O–H groups in total. The van der Waals surface area contributed by atoms with Crippen LogP contribution in [0, 0.1) is 6.92 Å². The number of likely N-dealkylation sites (tertiary alicyclic amines) is 2. The summed E-state index contributed by atoms with van der Waals surface area (Å²) < 4.78 is 0. The second kappa shape index (κ2) is 6.38. The summed E-state index contributed by atoms with van der Waals surface area (Å²) in [5.74, 6) is 0. The van der Waals surface area contributed by atoms with Crippen LogP contribution in [0.2, 0.25) is 0 Å². The maximum absolute atomic E-state index is 6.01. The fourth-order valence-corrected chi connectivity index (χ4v) is 3.70. The zero-order chi connectivity index (χ0) is 14.8. The highest BCUT2D eigenvalue weighted by Gasteiger charge is 2.32. The summed E-state index contributed by atoms with van der Waals surface area (Å²) in [6, 6.07) is 1.47. The quantitative estimate of drug-likeness (QED) is 0.910. The zero-order valence-electron chi connectivity index (χ0n) is 13.2. The Balaban J connectivity index is 1.60. The molecule has 0 aliphatic carbocycles. The molecule has 0 aromatic carbocycles. The largest absolute Gasteiger partial charge is 0.328 e. The molecule has 0 saturated carbocycles. The number of hydrogen-bond acceptors (Lipinski definition) is 5. The Labute approximate surface area is 127 Å². The SMILES string of the molecule is Cc1nccnc1C(C)N1CCC(N2CCC(N)CC2)C1. The lowest BCUT2D eigenvalue weighted by atomic mass is 10.0. The maximum atomic E-state index is 6.01. The first kappa shape index (κ1) is 14.9. The molecule has 0 spiro atoms. The minimum atomic E-state index is 0.357. The summed E-state index contributed by atoms with van der Waals surface area (Å²) in [4.78, 5) is 14.1. The van der Waals surface area contributed by atoms with E-state index in [0.717, 1.165) is 50.4 Å². The summed E-state index contributed by atoms with van der Waals surface area (Å²) in [5, 5.41) is 0. The molecule has 2 unspecified atom stereocenters. The van der Waals surface area contributed by atoms with Crippen LogP contribution in [0.5, 0.6) is 0 Å². The van der Waals surface area contributed by atoms with Crippen molar-refractivity contribution < 1.29 is 0 Å². The van der Waals surface area contributed by atoms with Crippen molar-refractivity contribution in [3.63, 3.8) is 0 Å². The predicted molar refractivity (Wildman–Crippen MR) is 83.9 cm³/mol. The first-order valence-electron chi connectivity index (χ1n) is 8.16. The van der Waals surface area contributed by atoms with Crippen LogP contribution in [0.1, 0.15) is 43.6 Å². The minimum Gasteiger partial charge on any atom is -0.328 e. The van der Waals surface area contributed by atoms with Gasteiger partial charge in [0.25, 0.3) is 0 Å². The average molecular weight is 289 g/mol. The fraction of sp³-hybridized carbons (Fsp3) is 0.750. The van der Waals surface area contributed by atoms with Gasteiger partial charge in [-0.3, -0.25) is 19.8 Å². The lowest BCUT2D eigenvalue weighted by Crippen LogP contribution is -2.46. The van der Waals surface area contributed by atoms with Crippen LogP contribution in [0.15, 0.2) is 12.4 Å². The van der Waals surface area contributed by atoms with Gasteiger partial charge in [0, 0.05) is 37.6 Å². The molecule has 21 heavy (non-hydrogen) atoms. The third-order valence-corrected chi connectivity index (χ3v) is 5.15. The molecule has 0 bridgehead atoms. The van der Waals surface area contributed by atoms with Gasteiger partial charge in [-0.15, -0.1) is 0 Å². The van der Waals surface area contributed by atoms with E-state index in [1.807, 2.05) is 0 Å². The molecule has 0 radical (unpaired) electrons. The Kier molecular flexibility index (Phi) is 4.52. The highest BCUT2D eigenvalue weighted by molar-refractivity contribution is 5.13. The first-order chi connectivity index (χ1) is 10.1. The van der Waals surface area contributed by atoms with Crippen LogP contribution in [0.4, 0.5) is 0 Å². The van der Waals surface area contributed by atoms with Crippen molar-refractivity contribution in [2.45, 2.75) is 51.2 Å². The van der Waals surface area contributed by atoms with Crippen molar-refractivity contribution in [3.8, 4) is 0 Å². The van der Waals surface area contributed by atoms with E-state index in [-0.39, 0.29) is 0 Å². The molecule has 2 fully saturated rings. The van der Waals surface area contributed by atoms with E-state index in [4.69, 9.17) is 5.73 Å². The van der Waals surface area contributed by atoms with Crippen molar-refractivity contribution in [1.29, 1.82) is 0 Å². The molecule has 1 aromatic rings. The van der Waals surface area contributed by atoms with Gasteiger partial charge in [0.2, 0.25) is 0 Å². The van der Waals surface area contributed by atoms with Crippen LogP contribution in [0.25, 0.3) is 0 Å². The third-order valence-electron chi connectivity index (χ3n) is 5.15. The minimum absolute atomic E-state index is 0.357. The van der Waals surface area contributed by atoms with E-state index in [9.17, 15) is 0 Å². The van der Waals surface area contributed by atoms with Gasteiger partial charge in [-0.2, -0.15) is 0 Å². The standard InChI is InChI=1S/C16H27N5/c1-12-16(19-7-6-18-12)13(2)21-10-5-15(11-21)20-8-3-14(17)4-9-20/h6-7,13-15H,3-5,8-11,17H2,1-2H3. The zero-order valence-corrected chi connectivity index (χ0v) is 13.2. The Morgan fingerprint density at radius 3 is 2.57 bits per heavy atom. The number of nitrogens with zero attached hydrogens (tertiary/aromatic N) is 4. The number of piperidine rings is 1. The van der Waals surface area contributed by atoms with Crippen molar-refractivity contribution >= 4 is 0 Å². The second-order valence-corrected chi connectivity index (χ2v) is 6.51. The van der Waals surface area contributed by atoms with Crippen LogP contribution in [0.3, 0.4) is 0 Å². The Hall–Kier alpha value is -1.04. The summed E-state index contributed by atoms with van der Waals surface area (Å²) in [7, 11) is 0. The number of aromatic nitrogens is 2. The molecule has 2 aliphatic heterocycles. The van der Waals surface area contributed by atoms with Gasteiger partial charge in [0.15, 0.2) is 0 Å². The summed E-state index contributed by atoms with van der Waals surface area (Å²) in [6.45, 7) is 8.94. The molecule has 5 nitrogen and oxygen atoms in total. The van der Waals surface area contributed by atoms with E-state index < -0.39 is 0 Å². The van der Waals surface area contributed by atoms with Gasteiger partial charge >= 0.3 is 0 Å². The van der Waals surface area contributed by atoms with E-state index in [0.29, 0.717) is 18.1 Å². The van der Waals surface area contributed by atoms with Crippen LogP contribution < -0.4 is 5.73 Å². The topological polar surface area (TPSA) is 58.3 Å². The molecular formula is C16H27N5. The average Bonchev–Trinajstić information content (AvgIpc) is 2.98. The maximum Gasteiger partial charge on any atom is 0.0784 e. The smallest absolute Gasteiger partial charge is 0.0784 e. The lowest BCUT2D eigenvalue weighted by Gasteiger charge is -2.35. The van der Waals surface area contributed by atoms with Gasteiger partial charge in [0.1, 0.15) is 0 Å². The third kappa shape index (κ3) is 3.25. The van der Waals surface area contributed by atoms with E-state index in [1.165, 1.54) is 6.42 Å². The summed E-state index contributed by atoms with van der Waals surface area (Å²) >= 11 is 0. The Morgan fingerprint density at radius 2 is 1.86 bits per heavy atom. The van der Waals surface area contributed by atoms with Crippen LogP contribution in [-0.2, 0) is 0 Å². The van der Waals surface area contributed by atoms with Crippen molar-refractivity contribution in [2.75, 3.05) is 26.2 Å². The molecule has 2 atom stereocenters. The molecule has 2 aliphatic rings. The molecule has 2 saturated heterocycles. The van der Waals surface area contributed by atoms with Gasteiger partial charge in [-0.05, 0) is 46.2 Å². The number of nitrogens with two attached hydrogens (primary N) is 1.